The third-order valence-corrected chi connectivity index (χ3v) is 1.55. The molecule has 0 aliphatic heterocycles. The molecule has 0 radical (unpaired) electrons. The van der Waals surface area contributed by atoms with Crippen LogP contribution in [0.1, 0.15) is 20.3 Å². The zero-order chi connectivity index (χ0) is 9.23. The van der Waals surface area contributed by atoms with Crippen molar-refractivity contribution in [1.29, 1.82) is 0 Å². The molecular weight excluding hydrogens is 150 g/mol. The van der Waals surface area contributed by atoms with Crippen molar-refractivity contribution >= 4 is 0 Å². The second-order valence-electron chi connectivity index (χ2n) is 2.94. The molecule has 0 spiro atoms. The largest absolute Gasteiger partial charge is 0.384 e. The lowest BCUT2D eigenvalue weighted by Crippen LogP contribution is -2.24. The minimum Gasteiger partial charge on any atom is -0.384 e. The summed E-state index contributed by atoms with van der Waals surface area (Å²) in [5.41, 5.74) is 0. The van der Waals surface area contributed by atoms with Crippen LogP contribution in [0.25, 0.3) is 0 Å². The van der Waals surface area contributed by atoms with Crippen LogP contribution in [0.5, 0.6) is 0 Å². The van der Waals surface area contributed by atoms with E-state index in [0.717, 1.165) is 26.1 Å². The van der Waals surface area contributed by atoms with Gasteiger partial charge in [-0.3, -0.25) is 0 Å². The molecule has 1 N–H and O–H groups in total. The Bertz CT molecular complexity index is 146. The number of rotatable bonds is 6. The van der Waals surface area contributed by atoms with Crippen LogP contribution < -0.4 is 5.32 Å². The number of ether oxygens (including phenoxy) is 1. The lowest BCUT2D eigenvalue weighted by atomic mass is 10.2. The van der Waals surface area contributed by atoms with Crippen LogP contribution in [0, 0.1) is 17.8 Å². The summed E-state index contributed by atoms with van der Waals surface area (Å²) < 4.78 is 5.01. The molecule has 70 valence electrons. The van der Waals surface area contributed by atoms with Crippen molar-refractivity contribution in [3.8, 4) is 11.8 Å². The molecule has 0 aromatic heterocycles. The second-order valence-corrected chi connectivity index (χ2v) is 2.94. The molecule has 12 heavy (non-hydrogen) atoms. The van der Waals surface area contributed by atoms with E-state index in [1.54, 1.807) is 7.11 Å². The lowest BCUT2D eigenvalue weighted by molar-refractivity contribution is 0.159. The number of hydrogen-bond donors (Lipinski definition) is 1. The SMILES string of the molecule is CC#CCCNCC(C)COC. The summed E-state index contributed by atoms with van der Waals surface area (Å²) in [5, 5.41) is 3.32. The number of nitrogens with one attached hydrogen (secondary N) is 1. The highest BCUT2D eigenvalue weighted by atomic mass is 16.5. The molecule has 0 bridgehead atoms. The van der Waals surface area contributed by atoms with Gasteiger partial charge in [0.15, 0.2) is 0 Å². The average molecular weight is 169 g/mol. The van der Waals surface area contributed by atoms with Gasteiger partial charge in [0.2, 0.25) is 0 Å². The molecule has 1 unspecified atom stereocenters. The van der Waals surface area contributed by atoms with E-state index in [1.807, 2.05) is 6.92 Å². The molecule has 2 nitrogen and oxygen atoms in total. The first kappa shape index (κ1) is 11.5. The van der Waals surface area contributed by atoms with Gasteiger partial charge in [-0.25, -0.2) is 0 Å². The summed E-state index contributed by atoms with van der Waals surface area (Å²) in [6.07, 6.45) is 0.941. The molecule has 0 aliphatic carbocycles. The van der Waals surface area contributed by atoms with Crippen LogP contribution in [0.3, 0.4) is 0 Å². The number of methoxy groups -OCH3 is 1. The van der Waals surface area contributed by atoms with Crippen molar-refractivity contribution in [3.05, 3.63) is 0 Å². The van der Waals surface area contributed by atoms with Gasteiger partial charge in [0.25, 0.3) is 0 Å². The van der Waals surface area contributed by atoms with Crippen molar-refractivity contribution < 1.29 is 4.74 Å². The molecule has 0 amide bonds. The van der Waals surface area contributed by atoms with Crippen molar-refractivity contribution in [1.82, 2.24) is 5.32 Å². The third kappa shape index (κ3) is 7.59. The number of hydrogen-bond acceptors (Lipinski definition) is 2. The van der Waals surface area contributed by atoms with Gasteiger partial charge in [-0.2, -0.15) is 0 Å². The molecule has 0 rings (SSSR count). The van der Waals surface area contributed by atoms with Crippen LogP contribution in [0.2, 0.25) is 0 Å². The molecule has 0 heterocycles. The monoisotopic (exact) mass is 169 g/mol. The first-order valence-corrected chi connectivity index (χ1v) is 4.40. The summed E-state index contributed by atoms with van der Waals surface area (Å²) in [4.78, 5) is 0. The van der Waals surface area contributed by atoms with Crippen molar-refractivity contribution in [3.63, 3.8) is 0 Å². The van der Waals surface area contributed by atoms with E-state index in [2.05, 4.69) is 24.1 Å². The summed E-state index contributed by atoms with van der Waals surface area (Å²) in [7, 11) is 1.74. The Hall–Kier alpha value is -0.520. The predicted octanol–water partition coefficient (Wildman–Crippen LogP) is 1.27. The molecule has 0 fully saturated rings. The fraction of sp³-hybridized carbons (Fsp3) is 0.800. The molecule has 0 saturated carbocycles. The molecule has 0 aromatic rings. The summed E-state index contributed by atoms with van der Waals surface area (Å²) >= 11 is 0. The highest BCUT2D eigenvalue weighted by Gasteiger charge is 1.98. The highest BCUT2D eigenvalue weighted by Crippen LogP contribution is 1.91. The third-order valence-electron chi connectivity index (χ3n) is 1.55. The molecule has 0 aromatic carbocycles. The van der Waals surface area contributed by atoms with Gasteiger partial charge < -0.3 is 10.1 Å². The molecular formula is C10H19NO. The summed E-state index contributed by atoms with van der Waals surface area (Å²) in [5.74, 6) is 6.46. The van der Waals surface area contributed by atoms with Crippen molar-refractivity contribution in [2.75, 3.05) is 26.8 Å². The predicted molar refractivity (Wildman–Crippen MR) is 52.0 cm³/mol. The highest BCUT2D eigenvalue weighted by molar-refractivity contribution is 4.95. The van der Waals surface area contributed by atoms with Gasteiger partial charge >= 0.3 is 0 Å². The Kier molecular flexibility index (Phi) is 8.20. The van der Waals surface area contributed by atoms with Gasteiger partial charge in [0.05, 0.1) is 0 Å². The van der Waals surface area contributed by atoms with Crippen LogP contribution in [-0.4, -0.2) is 26.8 Å². The Morgan fingerprint density at radius 2 is 2.25 bits per heavy atom. The van der Waals surface area contributed by atoms with E-state index in [0.29, 0.717) is 5.92 Å². The van der Waals surface area contributed by atoms with E-state index in [4.69, 9.17) is 4.74 Å². The second kappa shape index (κ2) is 8.58. The Balaban J connectivity index is 3.11. The minimum absolute atomic E-state index is 0.588. The maximum atomic E-state index is 5.01. The topological polar surface area (TPSA) is 21.3 Å². The van der Waals surface area contributed by atoms with E-state index in [1.165, 1.54) is 0 Å². The zero-order valence-corrected chi connectivity index (χ0v) is 8.31. The van der Waals surface area contributed by atoms with Crippen molar-refractivity contribution in [2.24, 2.45) is 5.92 Å². The van der Waals surface area contributed by atoms with Gasteiger partial charge in [0.1, 0.15) is 0 Å². The Morgan fingerprint density at radius 1 is 1.50 bits per heavy atom. The quantitative estimate of drug-likeness (QED) is 0.477. The van der Waals surface area contributed by atoms with E-state index in [-0.39, 0.29) is 0 Å². The first-order chi connectivity index (χ1) is 5.81. The minimum atomic E-state index is 0.588. The van der Waals surface area contributed by atoms with Crippen LogP contribution in [0.4, 0.5) is 0 Å². The molecule has 0 saturated heterocycles. The van der Waals surface area contributed by atoms with E-state index < -0.39 is 0 Å². The Labute approximate surface area is 75.7 Å². The first-order valence-electron chi connectivity index (χ1n) is 4.40. The van der Waals surface area contributed by atoms with Crippen molar-refractivity contribution in [2.45, 2.75) is 20.3 Å². The van der Waals surface area contributed by atoms with E-state index >= 15 is 0 Å². The van der Waals surface area contributed by atoms with Gasteiger partial charge in [-0.15, -0.1) is 11.8 Å². The maximum absolute atomic E-state index is 5.01. The summed E-state index contributed by atoms with van der Waals surface area (Å²) in [6, 6.07) is 0. The fourth-order valence-electron chi connectivity index (χ4n) is 0.968. The molecule has 0 aliphatic rings. The fourth-order valence-corrected chi connectivity index (χ4v) is 0.968. The van der Waals surface area contributed by atoms with Gasteiger partial charge in [-0.1, -0.05) is 6.92 Å². The maximum Gasteiger partial charge on any atom is 0.0499 e. The zero-order valence-electron chi connectivity index (χ0n) is 8.31. The normalized spacial score (nSPS) is 11.9. The van der Waals surface area contributed by atoms with Crippen LogP contribution in [0.15, 0.2) is 0 Å². The smallest absolute Gasteiger partial charge is 0.0499 e. The van der Waals surface area contributed by atoms with Crippen LogP contribution >= 0.6 is 0 Å². The standard InChI is InChI=1S/C10H19NO/c1-4-5-6-7-11-8-10(2)9-12-3/h10-11H,6-9H2,1-3H3. The summed E-state index contributed by atoms with van der Waals surface area (Å²) in [6.45, 7) is 6.86. The van der Waals surface area contributed by atoms with Gasteiger partial charge in [0, 0.05) is 26.7 Å². The van der Waals surface area contributed by atoms with Crippen LogP contribution in [-0.2, 0) is 4.74 Å². The van der Waals surface area contributed by atoms with Gasteiger partial charge in [-0.05, 0) is 19.4 Å². The van der Waals surface area contributed by atoms with E-state index in [9.17, 15) is 0 Å². The Morgan fingerprint density at radius 3 is 2.83 bits per heavy atom. The molecule has 1 atom stereocenters. The average Bonchev–Trinajstić information content (AvgIpc) is 2.05. The lowest BCUT2D eigenvalue weighted by Gasteiger charge is -2.09. The molecule has 2 heteroatoms.